The Morgan fingerprint density at radius 2 is 1.86 bits per heavy atom. The monoisotopic (exact) mass is 304 g/mol. The summed E-state index contributed by atoms with van der Waals surface area (Å²) in [5.41, 5.74) is 1.37. The zero-order chi connectivity index (χ0) is 14.2. The van der Waals surface area contributed by atoms with E-state index in [1.165, 1.54) is 44.1 Å². The van der Waals surface area contributed by atoms with E-state index in [1.807, 2.05) is 0 Å². The second-order valence-corrected chi connectivity index (χ2v) is 7.85. The third kappa shape index (κ3) is 3.02. The molecule has 3 saturated carbocycles. The van der Waals surface area contributed by atoms with Gasteiger partial charge < -0.3 is 10.6 Å². The number of carbonyl (C=O) groups excluding carboxylic acids is 1. The molecule has 1 heterocycles. The lowest BCUT2D eigenvalue weighted by Crippen LogP contribution is -2.37. The Morgan fingerprint density at radius 1 is 1.10 bits per heavy atom. The van der Waals surface area contributed by atoms with E-state index in [1.54, 1.807) is 11.3 Å². The van der Waals surface area contributed by atoms with E-state index in [0.717, 1.165) is 23.8 Å². The number of rotatable bonds is 5. The first-order valence-electron chi connectivity index (χ1n) is 8.45. The third-order valence-electron chi connectivity index (χ3n) is 5.31. The van der Waals surface area contributed by atoms with Crippen LogP contribution in [0.1, 0.15) is 72.5 Å². The number of amides is 1. The Kier molecular flexibility index (Phi) is 3.76. The van der Waals surface area contributed by atoms with Crippen molar-refractivity contribution in [3.05, 3.63) is 21.9 Å². The molecule has 21 heavy (non-hydrogen) atoms. The summed E-state index contributed by atoms with van der Waals surface area (Å²) in [6.45, 7) is 0. The smallest absolute Gasteiger partial charge is 0.261 e. The highest BCUT2D eigenvalue weighted by Crippen LogP contribution is 2.43. The van der Waals surface area contributed by atoms with E-state index in [4.69, 9.17) is 0 Å². The van der Waals surface area contributed by atoms with Gasteiger partial charge in [0.2, 0.25) is 0 Å². The lowest BCUT2D eigenvalue weighted by atomic mass is 9.93. The molecule has 0 radical (unpaired) electrons. The van der Waals surface area contributed by atoms with E-state index in [2.05, 4.69) is 22.1 Å². The van der Waals surface area contributed by atoms with Gasteiger partial charge in [-0.25, -0.2) is 0 Å². The van der Waals surface area contributed by atoms with E-state index in [-0.39, 0.29) is 5.91 Å². The molecule has 1 aromatic rings. The van der Waals surface area contributed by atoms with Crippen LogP contribution in [0.4, 0.5) is 0 Å². The largest absolute Gasteiger partial charge is 0.349 e. The van der Waals surface area contributed by atoms with Gasteiger partial charge in [-0.3, -0.25) is 4.79 Å². The number of hydrogen-bond acceptors (Lipinski definition) is 3. The first kappa shape index (κ1) is 13.8. The Labute approximate surface area is 130 Å². The molecule has 1 aromatic heterocycles. The number of thiophene rings is 1. The number of nitrogens with one attached hydrogen (secondary N) is 2. The topological polar surface area (TPSA) is 41.1 Å². The normalized spacial score (nSPS) is 29.3. The van der Waals surface area contributed by atoms with Crippen molar-refractivity contribution in [3.63, 3.8) is 0 Å². The minimum absolute atomic E-state index is 0.141. The van der Waals surface area contributed by atoms with Gasteiger partial charge in [0.15, 0.2) is 0 Å². The van der Waals surface area contributed by atoms with Crippen LogP contribution in [-0.4, -0.2) is 24.0 Å². The highest BCUT2D eigenvalue weighted by atomic mass is 32.1. The maximum atomic E-state index is 12.3. The Balaban J connectivity index is 1.31. The molecule has 3 fully saturated rings. The summed E-state index contributed by atoms with van der Waals surface area (Å²) in [7, 11) is 0. The van der Waals surface area contributed by atoms with Crippen molar-refractivity contribution in [2.45, 2.75) is 75.4 Å². The molecule has 4 heteroatoms. The van der Waals surface area contributed by atoms with Crippen LogP contribution < -0.4 is 10.6 Å². The van der Waals surface area contributed by atoms with Gasteiger partial charge in [-0.1, -0.05) is 19.3 Å². The summed E-state index contributed by atoms with van der Waals surface area (Å²) in [5.74, 6) is 0.789. The third-order valence-corrected chi connectivity index (χ3v) is 6.25. The van der Waals surface area contributed by atoms with Crippen molar-refractivity contribution >= 4 is 17.2 Å². The first-order valence-corrected chi connectivity index (χ1v) is 9.33. The summed E-state index contributed by atoms with van der Waals surface area (Å²) in [6, 6.07) is 3.97. The van der Waals surface area contributed by atoms with E-state index < -0.39 is 0 Å². The van der Waals surface area contributed by atoms with E-state index >= 15 is 0 Å². The molecule has 0 aromatic carbocycles. The molecule has 4 rings (SSSR count). The average Bonchev–Trinajstić information content (AvgIpc) is 2.86. The minimum Gasteiger partial charge on any atom is -0.349 e. The summed E-state index contributed by atoms with van der Waals surface area (Å²) in [6.07, 6.45) is 10.2. The van der Waals surface area contributed by atoms with Crippen LogP contribution in [0.15, 0.2) is 11.4 Å². The lowest BCUT2D eigenvalue weighted by molar-refractivity contribution is 0.0942. The van der Waals surface area contributed by atoms with Gasteiger partial charge in [-0.05, 0) is 49.1 Å². The highest BCUT2D eigenvalue weighted by Gasteiger charge is 2.40. The standard InChI is InChI=1S/C17H24N2OS/c20-17(19-13-4-1-2-5-13)16-8-11(10-21-16)14-9-15(14)18-12-6-3-7-12/h8,10,12-15,18H,1-7,9H2,(H,19,20)/t14-,15+/m1/s1. The molecule has 1 amide bonds. The molecule has 0 saturated heterocycles. The number of carbonyl (C=O) groups is 1. The van der Waals surface area contributed by atoms with E-state index in [0.29, 0.717) is 18.0 Å². The van der Waals surface area contributed by atoms with Gasteiger partial charge >= 0.3 is 0 Å². The van der Waals surface area contributed by atoms with Crippen molar-refractivity contribution in [1.29, 1.82) is 0 Å². The average molecular weight is 304 g/mol. The number of hydrogen-bond donors (Lipinski definition) is 2. The van der Waals surface area contributed by atoms with Gasteiger partial charge in [0.1, 0.15) is 0 Å². The minimum atomic E-state index is 0.141. The summed E-state index contributed by atoms with van der Waals surface area (Å²) < 4.78 is 0. The molecule has 3 nitrogen and oxygen atoms in total. The Bertz CT molecular complexity index is 517. The second-order valence-electron chi connectivity index (χ2n) is 6.94. The van der Waals surface area contributed by atoms with Gasteiger partial charge in [-0.2, -0.15) is 0 Å². The molecule has 2 N–H and O–H groups in total. The van der Waals surface area contributed by atoms with Gasteiger partial charge in [0.25, 0.3) is 5.91 Å². The first-order chi connectivity index (χ1) is 10.3. The molecule has 0 bridgehead atoms. The van der Waals surface area contributed by atoms with Crippen molar-refractivity contribution in [1.82, 2.24) is 10.6 Å². The fraction of sp³-hybridized carbons (Fsp3) is 0.706. The van der Waals surface area contributed by atoms with Gasteiger partial charge in [-0.15, -0.1) is 11.3 Å². The fourth-order valence-electron chi connectivity index (χ4n) is 3.62. The van der Waals surface area contributed by atoms with Crippen molar-refractivity contribution in [2.24, 2.45) is 0 Å². The van der Waals surface area contributed by atoms with E-state index in [9.17, 15) is 4.79 Å². The van der Waals surface area contributed by atoms with Crippen LogP contribution >= 0.6 is 11.3 Å². The molecular weight excluding hydrogens is 280 g/mol. The quantitative estimate of drug-likeness (QED) is 0.875. The van der Waals surface area contributed by atoms with Crippen LogP contribution in [0.3, 0.4) is 0 Å². The summed E-state index contributed by atoms with van der Waals surface area (Å²) >= 11 is 1.61. The van der Waals surface area contributed by atoms with Crippen molar-refractivity contribution in [2.75, 3.05) is 0 Å². The molecule has 0 spiro atoms. The molecule has 114 valence electrons. The van der Waals surface area contributed by atoms with Crippen LogP contribution in [0.2, 0.25) is 0 Å². The highest BCUT2D eigenvalue weighted by molar-refractivity contribution is 7.12. The predicted molar refractivity (Wildman–Crippen MR) is 86.0 cm³/mol. The van der Waals surface area contributed by atoms with Crippen molar-refractivity contribution < 1.29 is 4.79 Å². The van der Waals surface area contributed by atoms with Crippen LogP contribution in [0.5, 0.6) is 0 Å². The predicted octanol–water partition coefficient (Wildman–Crippen LogP) is 3.42. The molecule has 0 aliphatic heterocycles. The Hall–Kier alpha value is -0.870. The zero-order valence-electron chi connectivity index (χ0n) is 12.4. The molecule has 3 aliphatic rings. The Morgan fingerprint density at radius 3 is 2.57 bits per heavy atom. The van der Waals surface area contributed by atoms with Crippen LogP contribution in [-0.2, 0) is 0 Å². The summed E-state index contributed by atoms with van der Waals surface area (Å²) in [4.78, 5) is 13.2. The molecule has 0 unspecified atom stereocenters. The van der Waals surface area contributed by atoms with Crippen LogP contribution in [0, 0.1) is 0 Å². The van der Waals surface area contributed by atoms with Crippen LogP contribution in [0.25, 0.3) is 0 Å². The fourth-order valence-corrected chi connectivity index (χ4v) is 4.49. The maximum Gasteiger partial charge on any atom is 0.261 e. The maximum absolute atomic E-state index is 12.3. The van der Waals surface area contributed by atoms with Crippen molar-refractivity contribution in [3.8, 4) is 0 Å². The summed E-state index contributed by atoms with van der Waals surface area (Å²) in [5, 5.41) is 9.12. The molecular formula is C17H24N2OS. The SMILES string of the molecule is O=C(NC1CCCC1)c1cc([C@H]2C[C@@H]2NC2CCC2)cs1. The molecule has 3 aliphatic carbocycles. The second kappa shape index (κ2) is 5.73. The lowest BCUT2D eigenvalue weighted by Gasteiger charge is -2.26. The zero-order valence-corrected chi connectivity index (χ0v) is 13.3. The van der Waals surface area contributed by atoms with Gasteiger partial charge in [0, 0.05) is 24.0 Å². The molecule has 2 atom stereocenters. The van der Waals surface area contributed by atoms with Gasteiger partial charge in [0.05, 0.1) is 4.88 Å².